The molecule has 0 amide bonds. The lowest BCUT2D eigenvalue weighted by Crippen LogP contribution is -2.19. The molecule has 0 radical (unpaired) electrons. The number of hydrogen-bond donors (Lipinski definition) is 0. The van der Waals surface area contributed by atoms with Crippen LogP contribution in [0.4, 0.5) is 0 Å². The van der Waals surface area contributed by atoms with Gasteiger partial charge in [-0.05, 0) is 39.6 Å². The van der Waals surface area contributed by atoms with Crippen LogP contribution in [0.1, 0.15) is 12.0 Å². The number of benzene rings is 1. The SMILES string of the molecule is Cc1ccc(OCC(=O)OCCCN(C)C)cc1.Cl. The number of halogens is 1. The van der Waals surface area contributed by atoms with Crippen LogP contribution in [-0.2, 0) is 9.53 Å². The van der Waals surface area contributed by atoms with Gasteiger partial charge in [-0.15, -0.1) is 12.4 Å². The summed E-state index contributed by atoms with van der Waals surface area (Å²) >= 11 is 0. The topological polar surface area (TPSA) is 38.8 Å². The van der Waals surface area contributed by atoms with Gasteiger partial charge < -0.3 is 14.4 Å². The number of carbonyl (C=O) groups is 1. The molecule has 0 spiro atoms. The molecule has 0 bridgehead atoms. The minimum atomic E-state index is -0.325. The highest BCUT2D eigenvalue weighted by Gasteiger charge is 2.04. The Morgan fingerprint density at radius 3 is 2.42 bits per heavy atom. The van der Waals surface area contributed by atoms with Gasteiger partial charge in [0, 0.05) is 6.54 Å². The van der Waals surface area contributed by atoms with E-state index in [-0.39, 0.29) is 25.0 Å². The smallest absolute Gasteiger partial charge is 0.344 e. The van der Waals surface area contributed by atoms with Crippen molar-refractivity contribution >= 4 is 18.4 Å². The fourth-order valence-corrected chi connectivity index (χ4v) is 1.39. The molecular formula is C14H22ClNO3. The average Bonchev–Trinajstić information content (AvgIpc) is 2.34. The van der Waals surface area contributed by atoms with Crippen molar-refractivity contribution in [3.63, 3.8) is 0 Å². The summed E-state index contributed by atoms with van der Waals surface area (Å²) in [5, 5.41) is 0. The van der Waals surface area contributed by atoms with E-state index in [1.54, 1.807) is 0 Å². The third-order valence-corrected chi connectivity index (χ3v) is 2.39. The second-order valence-corrected chi connectivity index (χ2v) is 4.48. The lowest BCUT2D eigenvalue weighted by molar-refractivity contribution is -0.146. The van der Waals surface area contributed by atoms with Crippen molar-refractivity contribution in [1.82, 2.24) is 4.90 Å². The predicted molar refractivity (Wildman–Crippen MR) is 78.1 cm³/mol. The number of hydrogen-bond acceptors (Lipinski definition) is 4. The highest BCUT2D eigenvalue weighted by Crippen LogP contribution is 2.11. The van der Waals surface area contributed by atoms with Gasteiger partial charge in [0.2, 0.25) is 0 Å². The number of aryl methyl sites for hydroxylation is 1. The number of esters is 1. The zero-order chi connectivity index (χ0) is 13.4. The van der Waals surface area contributed by atoms with E-state index in [4.69, 9.17) is 9.47 Å². The molecule has 0 atom stereocenters. The van der Waals surface area contributed by atoms with Gasteiger partial charge in [0.25, 0.3) is 0 Å². The van der Waals surface area contributed by atoms with Gasteiger partial charge in [-0.1, -0.05) is 17.7 Å². The van der Waals surface area contributed by atoms with Crippen molar-refractivity contribution in [1.29, 1.82) is 0 Å². The highest BCUT2D eigenvalue weighted by atomic mass is 35.5. The molecule has 1 rings (SSSR count). The molecule has 19 heavy (non-hydrogen) atoms. The van der Waals surface area contributed by atoms with Gasteiger partial charge >= 0.3 is 5.97 Å². The minimum Gasteiger partial charge on any atom is -0.482 e. The van der Waals surface area contributed by atoms with E-state index in [1.807, 2.05) is 45.3 Å². The summed E-state index contributed by atoms with van der Waals surface area (Å²) in [6.07, 6.45) is 0.837. The predicted octanol–water partition coefficient (Wildman–Crippen LogP) is 2.29. The third kappa shape index (κ3) is 8.46. The molecular weight excluding hydrogens is 266 g/mol. The standard InChI is InChI=1S/C14H21NO3.ClH/c1-12-5-7-13(8-6-12)18-11-14(16)17-10-4-9-15(2)3;/h5-8H,4,9-11H2,1-3H3;1H. The maximum absolute atomic E-state index is 11.4. The first kappa shape index (κ1) is 17.7. The second-order valence-electron chi connectivity index (χ2n) is 4.48. The lowest BCUT2D eigenvalue weighted by Gasteiger charge is -2.10. The van der Waals surface area contributed by atoms with Crippen LogP contribution in [-0.4, -0.2) is 44.7 Å². The van der Waals surface area contributed by atoms with Crippen LogP contribution in [0.25, 0.3) is 0 Å². The van der Waals surface area contributed by atoms with E-state index >= 15 is 0 Å². The fourth-order valence-electron chi connectivity index (χ4n) is 1.39. The summed E-state index contributed by atoms with van der Waals surface area (Å²) < 4.78 is 10.4. The first-order valence-electron chi connectivity index (χ1n) is 6.08. The first-order chi connectivity index (χ1) is 8.58. The Hall–Kier alpha value is -1.26. The van der Waals surface area contributed by atoms with E-state index in [1.165, 1.54) is 0 Å². The Labute approximate surface area is 121 Å². The van der Waals surface area contributed by atoms with Crippen molar-refractivity contribution < 1.29 is 14.3 Å². The van der Waals surface area contributed by atoms with E-state index in [0.717, 1.165) is 18.5 Å². The Morgan fingerprint density at radius 2 is 1.84 bits per heavy atom. The van der Waals surface area contributed by atoms with E-state index in [0.29, 0.717) is 12.4 Å². The number of nitrogens with zero attached hydrogens (tertiary/aromatic N) is 1. The van der Waals surface area contributed by atoms with Gasteiger partial charge in [-0.3, -0.25) is 0 Å². The van der Waals surface area contributed by atoms with Crippen LogP contribution in [0.2, 0.25) is 0 Å². The normalized spacial score (nSPS) is 9.89. The minimum absolute atomic E-state index is 0. The van der Waals surface area contributed by atoms with Gasteiger partial charge in [-0.25, -0.2) is 4.79 Å². The zero-order valence-corrected chi connectivity index (χ0v) is 12.5. The zero-order valence-electron chi connectivity index (χ0n) is 11.7. The molecule has 0 N–H and O–H groups in total. The molecule has 0 aliphatic rings. The summed E-state index contributed by atoms with van der Waals surface area (Å²) in [5.41, 5.74) is 1.16. The van der Waals surface area contributed by atoms with Crippen molar-refractivity contribution in [3.05, 3.63) is 29.8 Å². The number of carbonyl (C=O) groups excluding carboxylic acids is 1. The summed E-state index contributed by atoms with van der Waals surface area (Å²) in [5.74, 6) is 0.361. The average molecular weight is 288 g/mol. The maximum Gasteiger partial charge on any atom is 0.344 e. The van der Waals surface area contributed by atoms with E-state index in [9.17, 15) is 4.79 Å². The third-order valence-electron chi connectivity index (χ3n) is 2.39. The molecule has 1 aromatic rings. The Balaban J connectivity index is 0.00000324. The lowest BCUT2D eigenvalue weighted by atomic mass is 10.2. The molecule has 5 heteroatoms. The molecule has 4 nitrogen and oxygen atoms in total. The molecule has 0 saturated heterocycles. The maximum atomic E-state index is 11.4. The highest BCUT2D eigenvalue weighted by molar-refractivity contribution is 5.85. The monoisotopic (exact) mass is 287 g/mol. The molecule has 0 heterocycles. The molecule has 0 fully saturated rings. The Kier molecular flexibility index (Phi) is 9.00. The van der Waals surface area contributed by atoms with Crippen molar-refractivity contribution in [2.75, 3.05) is 33.9 Å². The molecule has 108 valence electrons. The Bertz CT molecular complexity index is 365. The summed E-state index contributed by atoms with van der Waals surface area (Å²) in [4.78, 5) is 13.4. The molecule has 0 aromatic heterocycles. The second kappa shape index (κ2) is 9.64. The number of ether oxygens (including phenoxy) is 2. The quantitative estimate of drug-likeness (QED) is 0.570. The molecule has 1 aromatic carbocycles. The van der Waals surface area contributed by atoms with Gasteiger partial charge in [-0.2, -0.15) is 0 Å². The number of rotatable bonds is 7. The summed E-state index contributed by atoms with van der Waals surface area (Å²) in [6, 6.07) is 7.57. The first-order valence-corrected chi connectivity index (χ1v) is 6.08. The molecule has 0 unspecified atom stereocenters. The van der Waals surface area contributed by atoms with Crippen molar-refractivity contribution in [3.8, 4) is 5.75 Å². The largest absolute Gasteiger partial charge is 0.482 e. The van der Waals surface area contributed by atoms with Crippen LogP contribution in [0.15, 0.2) is 24.3 Å². The van der Waals surface area contributed by atoms with Crippen LogP contribution in [0, 0.1) is 6.92 Å². The van der Waals surface area contributed by atoms with Crippen LogP contribution >= 0.6 is 12.4 Å². The summed E-state index contributed by atoms with van der Waals surface area (Å²) in [6.45, 7) is 3.31. The molecule has 0 aliphatic heterocycles. The van der Waals surface area contributed by atoms with E-state index in [2.05, 4.69) is 4.90 Å². The van der Waals surface area contributed by atoms with Crippen LogP contribution in [0.3, 0.4) is 0 Å². The molecule has 0 aliphatic carbocycles. The van der Waals surface area contributed by atoms with Gasteiger partial charge in [0.1, 0.15) is 5.75 Å². The van der Waals surface area contributed by atoms with Crippen molar-refractivity contribution in [2.45, 2.75) is 13.3 Å². The van der Waals surface area contributed by atoms with Gasteiger partial charge in [0.05, 0.1) is 6.61 Å². The summed E-state index contributed by atoms with van der Waals surface area (Å²) in [7, 11) is 3.98. The fraction of sp³-hybridized carbons (Fsp3) is 0.500. The van der Waals surface area contributed by atoms with Crippen LogP contribution < -0.4 is 4.74 Å². The van der Waals surface area contributed by atoms with E-state index < -0.39 is 0 Å². The Morgan fingerprint density at radius 1 is 1.21 bits per heavy atom. The van der Waals surface area contributed by atoms with Crippen molar-refractivity contribution in [2.24, 2.45) is 0 Å². The van der Waals surface area contributed by atoms with Gasteiger partial charge in [0.15, 0.2) is 6.61 Å². The molecule has 0 saturated carbocycles. The van der Waals surface area contributed by atoms with Crippen LogP contribution in [0.5, 0.6) is 5.75 Å².